The van der Waals surface area contributed by atoms with Crippen LogP contribution in [0.1, 0.15) is 5.56 Å². The highest BCUT2D eigenvalue weighted by atomic mass is 19.1. The maximum absolute atomic E-state index is 13.3. The monoisotopic (exact) mass is 294 g/mol. The first-order valence-electron chi connectivity index (χ1n) is 6.24. The predicted octanol–water partition coefficient (Wildman–Crippen LogP) is 2.83. The van der Waals surface area contributed by atoms with Crippen molar-refractivity contribution in [1.82, 2.24) is 5.32 Å². The molecule has 0 heterocycles. The lowest BCUT2D eigenvalue weighted by Gasteiger charge is -2.08. The number of rotatable bonds is 5. The molecule has 0 saturated carbocycles. The lowest BCUT2D eigenvalue weighted by Crippen LogP contribution is -2.29. The van der Waals surface area contributed by atoms with Crippen LogP contribution in [0.25, 0.3) is 0 Å². The molecule has 0 saturated heterocycles. The summed E-state index contributed by atoms with van der Waals surface area (Å²) in [7, 11) is 0. The predicted molar refractivity (Wildman–Crippen MR) is 73.1 cm³/mol. The van der Waals surface area contributed by atoms with E-state index in [4.69, 9.17) is 0 Å². The van der Waals surface area contributed by atoms with Crippen LogP contribution < -0.4 is 10.6 Å². The van der Waals surface area contributed by atoms with Crippen LogP contribution >= 0.6 is 0 Å². The van der Waals surface area contributed by atoms with Crippen LogP contribution in [0.3, 0.4) is 0 Å². The molecule has 0 aliphatic rings. The van der Waals surface area contributed by atoms with Gasteiger partial charge in [0, 0.05) is 23.9 Å². The van der Waals surface area contributed by atoms with E-state index in [1.165, 1.54) is 6.07 Å². The number of carbonyl (C=O) groups is 1. The maximum Gasteiger partial charge on any atom is 0.239 e. The van der Waals surface area contributed by atoms with E-state index in [-0.39, 0.29) is 18.8 Å². The van der Waals surface area contributed by atoms with Crippen molar-refractivity contribution < 1.29 is 18.0 Å². The normalized spacial score (nSPS) is 10.2. The average Bonchev–Trinajstić information content (AvgIpc) is 2.43. The lowest BCUT2D eigenvalue weighted by atomic mass is 10.2. The molecule has 2 rings (SSSR count). The van der Waals surface area contributed by atoms with Gasteiger partial charge in [-0.1, -0.05) is 18.2 Å². The van der Waals surface area contributed by atoms with E-state index in [0.717, 1.165) is 18.2 Å². The smallest absolute Gasteiger partial charge is 0.239 e. The molecule has 110 valence electrons. The molecule has 21 heavy (non-hydrogen) atoms. The number of hydrogen-bond donors (Lipinski definition) is 2. The van der Waals surface area contributed by atoms with Crippen molar-refractivity contribution >= 4 is 11.6 Å². The molecule has 0 atom stereocenters. The van der Waals surface area contributed by atoms with Crippen molar-refractivity contribution in [2.75, 3.05) is 11.9 Å². The third kappa shape index (κ3) is 4.52. The molecule has 1 amide bonds. The summed E-state index contributed by atoms with van der Waals surface area (Å²) in [6.07, 6.45) is 0. The van der Waals surface area contributed by atoms with Crippen LogP contribution in [0.2, 0.25) is 0 Å². The molecule has 2 aromatic rings. The highest BCUT2D eigenvalue weighted by Gasteiger charge is 2.05. The Morgan fingerprint density at radius 2 is 1.67 bits per heavy atom. The summed E-state index contributed by atoms with van der Waals surface area (Å²) in [5.41, 5.74) is 0.524. The van der Waals surface area contributed by atoms with Crippen LogP contribution in [0.15, 0.2) is 42.5 Å². The first-order chi connectivity index (χ1) is 10.0. The van der Waals surface area contributed by atoms with Crippen LogP contribution in [0, 0.1) is 17.5 Å². The summed E-state index contributed by atoms with van der Waals surface area (Å²) in [6, 6.07) is 8.98. The molecule has 0 unspecified atom stereocenters. The number of benzene rings is 2. The van der Waals surface area contributed by atoms with Crippen molar-refractivity contribution in [1.29, 1.82) is 0 Å². The van der Waals surface area contributed by atoms with Gasteiger partial charge in [-0.2, -0.15) is 0 Å². The summed E-state index contributed by atoms with van der Waals surface area (Å²) < 4.78 is 39.2. The summed E-state index contributed by atoms with van der Waals surface area (Å²) in [5.74, 6) is -2.28. The van der Waals surface area contributed by atoms with E-state index in [9.17, 15) is 18.0 Å². The zero-order chi connectivity index (χ0) is 15.2. The second-order valence-corrected chi connectivity index (χ2v) is 4.38. The van der Waals surface area contributed by atoms with Crippen LogP contribution in [0.5, 0.6) is 0 Å². The van der Waals surface area contributed by atoms with E-state index in [1.54, 1.807) is 18.2 Å². The Hall–Kier alpha value is -2.50. The summed E-state index contributed by atoms with van der Waals surface area (Å²) >= 11 is 0. The van der Waals surface area contributed by atoms with E-state index >= 15 is 0 Å². The topological polar surface area (TPSA) is 41.1 Å². The molecule has 6 heteroatoms. The Labute approximate surface area is 119 Å². The molecule has 2 aromatic carbocycles. The second-order valence-electron chi connectivity index (χ2n) is 4.38. The van der Waals surface area contributed by atoms with E-state index in [0.29, 0.717) is 5.56 Å². The van der Waals surface area contributed by atoms with Gasteiger partial charge in [-0.05, 0) is 18.2 Å². The van der Waals surface area contributed by atoms with Gasteiger partial charge in [-0.3, -0.25) is 4.79 Å². The molecule has 0 aromatic heterocycles. The van der Waals surface area contributed by atoms with E-state index < -0.39 is 23.4 Å². The van der Waals surface area contributed by atoms with Crippen LogP contribution in [0.4, 0.5) is 18.9 Å². The Balaban J connectivity index is 1.84. The van der Waals surface area contributed by atoms with E-state index in [2.05, 4.69) is 10.6 Å². The third-order valence-corrected chi connectivity index (χ3v) is 2.75. The average molecular weight is 294 g/mol. The van der Waals surface area contributed by atoms with Crippen molar-refractivity contribution in [3.63, 3.8) is 0 Å². The van der Waals surface area contributed by atoms with Gasteiger partial charge in [0.25, 0.3) is 0 Å². The second kappa shape index (κ2) is 6.78. The Bertz CT molecular complexity index is 626. The maximum atomic E-state index is 13.3. The summed E-state index contributed by atoms with van der Waals surface area (Å²) in [5, 5.41) is 5.10. The minimum atomic E-state index is -0.732. The fraction of sp³-hybridized carbons (Fsp3) is 0.133. The highest BCUT2D eigenvalue weighted by Crippen LogP contribution is 2.12. The van der Waals surface area contributed by atoms with Gasteiger partial charge in [-0.25, -0.2) is 13.2 Å². The third-order valence-electron chi connectivity index (χ3n) is 2.75. The van der Waals surface area contributed by atoms with Crippen LogP contribution in [-0.4, -0.2) is 12.5 Å². The van der Waals surface area contributed by atoms with Gasteiger partial charge in [0.2, 0.25) is 5.91 Å². The number of hydrogen-bond acceptors (Lipinski definition) is 2. The molecule has 3 nitrogen and oxygen atoms in total. The lowest BCUT2D eigenvalue weighted by molar-refractivity contribution is -0.119. The van der Waals surface area contributed by atoms with Gasteiger partial charge < -0.3 is 10.6 Å². The number of amides is 1. The molecule has 0 bridgehead atoms. The molecule has 0 aliphatic heterocycles. The van der Waals surface area contributed by atoms with Crippen molar-refractivity contribution in [2.24, 2.45) is 0 Å². The molecule has 0 fully saturated rings. The van der Waals surface area contributed by atoms with Gasteiger partial charge in [0.15, 0.2) is 0 Å². The molecule has 0 radical (unpaired) electrons. The molecule has 0 aliphatic carbocycles. The number of anilines is 1. The van der Waals surface area contributed by atoms with Gasteiger partial charge in [-0.15, -0.1) is 0 Å². The van der Waals surface area contributed by atoms with Crippen molar-refractivity contribution in [3.8, 4) is 0 Å². The Kier molecular flexibility index (Phi) is 4.81. The number of halogens is 3. The minimum Gasteiger partial charge on any atom is -0.376 e. The summed E-state index contributed by atoms with van der Waals surface area (Å²) in [6.45, 7) is -0.123. The largest absolute Gasteiger partial charge is 0.376 e. The van der Waals surface area contributed by atoms with Crippen molar-refractivity contribution in [2.45, 2.75) is 6.54 Å². The zero-order valence-electron chi connectivity index (χ0n) is 11.0. The van der Waals surface area contributed by atoms with Crippen LogP contribution in [-0.2, 0) is 11.3 Å². The molecule has 0 spiro atoms. The Morgan fingerprint density at radius 1 is 1.00 bits per heavy atom. The zero-order valence-corrected chi connectivity index (χ0v) is 11.0. The first kappa shape index (κ1) is 14.9. The highest BCUT2D eigenvalue weighted by molar-refractivity contribution is 5.80. The fourth-order valence-electron chi connectivity index (χ4n) is 1.74. The standard InChI is InChI=1S/C15H13F3N2O/c16-11-5-12(17)7-13(6-11)19-9-15(21)20-8-10-3-1-2-4-14(10)18/h1-7,19H,8-9H2,(H,20,21). The number of carbonyl (C=O) groups excluding carboxylic acids is 1. The van der Waals surface area contributed by atoms with Crippen molar-refractivity contribution in [3.05, 3.63) is 65.5 Å². The molecular weight excluding hydrogens is 281 g/mol. The van der Waals surface area contributed by atoms with E-state index in [1.807, 2.05) is 0 Å². The van der Waals surface area contributed by atoms with Gasteiger partial charge in [0.05, 0.1) is 6.54 Å². The molecular formula is C15H13F3N2O. The Morgan fingerprint density at radius 3 is 2.33 bits per heavy atom. The minimum absolute atomic E-state index is 0.0463. The SMILES string of the molecule is O=C(CNc1cc(F)cc(F)c1)NCc1ccccc1F. The van der Waals surface area contributed by atoms with Gasteiger partial charge in [0.1, 0.15) is 17.5 Å². The summed E-state index contributed by atoms with van der Waals surface area (Å²) in [4.78, 5) is 11.6. The first-order valence-corrected chi connectivity index (χ1v) is 6.24. The molecule has 2 N–H and O–H groups in total. The number of nitrogens with one attached hydrogen (secondary N) is 2. The van der Waals surface area contributed by atoms with Gasteiger partial charge >= 0.3 is 0 Å². The quantitative estimate of drug-likeness (QED) is 0.890. The fourth-order valence-corrected chi connectivity index (χ4v) is 1.74.